The van der Waals surface area contributed by atoms with E-state index >= 15 is 0 Å². The summed E-state index contributed by atoms with van der Waals surface area (Å²) in [6.45, 7) is 2.84. The number of rotatable bonds is 6. The average molecular weight is 260 g/mol. The van der Waals surface area contributed by atoms with Gasteiger partial charge in [0.1, 0.15) is 5.75 Å². The van der Waals surface area contributed by atoms with Crippen LogP contribution in [0.25, 0.3) is 11.3 Å². The maximum atomic E-state index is 5.66. The van der Waals surface area contributed by atoms with Crippen LogP contribution in [0.15, 0.2) is 30.5 Å². The van der Waals surface area contributed by atoms with Gasteiger partial charge in [-0.3, -0.25) is 4.57 Å². The minimum Gasteiger partial charge on any atom is -0.496 e. The number of para-hydroxylation sites is 1. The molecule has 0 fully saturated rings. The van der Waals surface area contributed by atoms with E-state index in [4.69, 9.17) is 9.47 Å². The van der Waals surface area contributed by atoms with Gasteiger partial charge in [0.25, 0.3) is 6.01 Å². The van der Waals surface area contributed by atoms with E-state index in [1.165, 1.54) is 0 Å². The van der Waals surface area contributed by atoms with Crippen molar-refractivity contribution in [3.8, 4) is 23.0 Å². The van der Waals surface area contributed by atoms with Gasteiger partial charge >= 0.3 is 0 Å². The molecule has 0 spiro atoms. The quantitative estimate of drug-likeness (QED) is 0.748. The maximum Gasteiger partial charge on any atom is 0.296 e. The highest BCUT2D eigenvalue weighted by atomic mass is 16.5. The highest BCUT2D eigenvalue weighted by molar-refractivity contribution is 5.67. The molecule has 1 heterocycles. The third-order valence-corrected chi connectivity index (χ3v) is 3.06. The molecule has 0 amide bonds. The largest absolute Gasteiger partial charge is 0.496 e. The molecule has 0 N–H and O–H groups in total. The second-order valence-electron chi connectivity index (χ2n) is 4.39. The second kappa shape index (κ2) is 6.27. The van der Waals surface area contributed by atoms with Gasteiger partial charge in [-0.15, -0.1) is 0 Å². The van der Waals surface area contributed by atoms with Crippen molar-refractivity contribution in [2.24, 2.45) is 7.05 Å². The highest BCUT2D eigenvalue weighted by Gasteiger charge is 2.12. The monoisotopic (exact) mass is 260 g/mol. The van der Waals surface area contributed by atoms with Crippen LogP contribution in [0.5, 0.6) is 11.8 Å². The number of methoxy groups -OCH3 is 1. The molecule has 4 heteroatoms. The zero-order valence-electron chi connectivity index (χ0n) is 11.7. The van der Waals surface area contributed by atoms with Crippen LogP contribution >= 0.6 is 0 Å². The number of ether oxygens (including phenoxy) is 2. The molecule has 2 aromatic rings. The second-order valence-corrected chi connectivity index (χ2v) is 4.39. The summed E-state index contributed by atoms with van der Waals surface area (Å²) in [7, 11) is 3.63. The van der Waals surface area contributed by atoms with E-state index in [9.17, 15) is 0 Å². The van der Waals surface area contributed by atoms with Gasteiger partial charge in [0.05, 0.1) is 25.6 Å². The van der Waals surface area contributed by atoms with Crippen molar-refractivity contribution in [1.82, 2.24) is 9.55 Å². The lowest BCUT2D eigenvalue weighted by atomic mass is 10.1. The minimum atomic E-state index is 0.648. The number of aromatic nitrogens is 2. The lowest BCUT2D eigenvalue weighted by Crippen LogP contribution is -2.03. The summed E-state index contributed by atoms with van der Waals surface area (Å²) >= 11 is 0. The van der Waals surface area contributed by atoms with E-state index in [0.29, 0.717) is 12.6 Å². The molecule has 0 saturated heterocycles. The Morgan fingerprint density at radius 3 is 2.79 bits per heavy atom. The van der Waals surface area contributed by atoms with Crippen molar-refractivity contribution in [3.05, 3.63) is 30.5 Å². The molecule has 19 heavy (non-hydrogen) atoms. The summed E-state index contributed by atoms with van der Waals surface area (Å²) < 4.78 is 13.0. The van der Waals surface area contributed by atoms with Crippen molar-refractivity contribution >= 4 is 0 Å². The topological polar surface area (TPSA) is 36.3 Å². The number of hydrogen-bond donors (Lipinski definition) is 0. The van der Waals surface area contributed by atoms with Crippen molar-refractivity contribution in [2.75, 3.05) is 13.7 Å². The SMILES string of the molecule is CCCCOc1ncc(-c2ccccc2OC)n1C. The number of unbranched alkanes of at least 4 members (excludes halogenated alkanes) is 1. The zero-order chi connectivity index (χ0) is 13.7. The van der Waals surface area contributed by atoms with E-state index in [2.05, 4.69) is 11.9 Å². The molecule has 2 rings (SSSR count). The highest BCUT2D eigenvalue weighted by Crippen LogP contribution is 2.31. The number of nitrogens with zero attached hydrogens (tertiary/aromatic N) is 2. The van der Waals surface area contributed by atoms with Crippen LogP contribution < -0.4 is 9.47 Å². The Labute approximate surface area is 114 Å². The van der Waals surface area contributed by atoms with Crippen molar-refractivity contribution in [3.63, 3.8) is 0 Å². The molecule has 0 atom stereocenters. The van der Waals surface area contributed by atoms with Gasteiger partial charge in [-0.1, -0.05) is 25.5 Å². The first-order valence-corrected chi connectivity index (χ1v) is 6.55. The Hall–Kier alpha value is -1.97. The first-order chi connectivity index (χ1) is 9.27. The fraction of sp³-hybridized carbons (Fsp3) is 0.400. The Kier molecular flexibility index (Phi) is 4.44. The normalized spacial score (nSPS) is 10.5. The number of hydrogen-bond acceptors (Lipinski definition) is 3. The number of imidazole rings is 1. The molecule has 0 aliphatic rings. The Morgan fingerprint density at radius 1 is 1.26 bits per heavy atom. The molecule has 0 aliphatic carbocycles. The summed E-state index contributed by atoms with van der Waals surface area (Å²) in [5, 5.41) is 0. The van der Waals surface area contributed by atoms with E-state index in [-0.39, 0.29) is 0 Å². The van der Waals surface area contributed by atoms with Gasteiger partial charge in [-0.05, 0) is 18.6 Å². The van der Waals surface area contributed by atoms with Crippen LogP contribution in [0.3, 0.4) is 0 Å². The first-order valence-electron chi connectivity index (χ1n) is 6.55. The van der Waals surface area contributed by atoms with Gasteiger partial charge < -0.3 is 9.47 Å². The van der Waals surface area contributed by atoms with Gasteiger partial charge in [-0.25, -0.2) is 4.98 Å². The lowest BCUT2D eigenvalue weighted by molar-refractivity contribution is 0.277. The molecule has 0 saturated carbocycles. The fourth-order valence-corrected chi connectivity index (χ4v) is 1.94. The van der Waals surface area contributed by atoms with Crippen molar-refractivity contribution in [1.29, 1.82) is 0 Å². The Balaban J connectivity index is 2.26. The molecule has 1 aromatic carbocycles. The molecule has 0 bridgehead atoms. The summed E-state index contributed by atoms with van der Waals surface area (Å²) in [6.07, 6.45) is 3.97. The van der Waals surface area contributed by atoms with Crippen molar-refractivity contribution < 1.29 is 9.47 Å². The Morgan fingerprint density at radius 2 is 2.05 bits per heavy atom. The molecule has 0 aliphatic heterocycles. The van der Waals surface area contributed by atoms with Crippen molar-refractivity contribution in [2.45, 2.75) is 19.8 Å². The third-order valence-electron chi connectivity index (χ3n) is 3.06. The molecule has 0 radical (unpaired) electrons. The average Bonchev–Trinajstić information content (AvgIpc) is 2.80. The predicted octanol–water partition coefficient (Wildman–Crippen LogP) is 3.27. The summed E-state index contributed by atoms with van der Waals surface area (Å²) in [4.78, 5) is 4.32. The molecule has 102 valence electrons. The van der Waals surface area contributed by atoms with Crippen LogP contribution in [0.2, 0.25) is 0 Å². The van der Waals surface area contributed by atoms with Crippen LogP contribution in [-0.2, 0) is 7.05 Å². The van der Waals surface area contributed by atoms with Crippen LogP contribution in [0, 0.1) is 0 Å². The summed E-state index contributed by atoms with van der Waals surface area (Å²) in [6, 6.07) is 8.56. The van der Waals surface area contributed by atoms with E-state index in [0.717, 1.165) is 29.8 Å². The van der Waals surface area contributed by atoms with E-state index < -0.39 is 0 Å². The molecular formula is C15H20N2O2. The van der Waals surface area contributed by atoms with Gasteiger partial charge in [0, 0.05) is 12.6 Å². The smallest absolute Gasteiger partial charge is 0.296 e. The summed E-state index contributed by atoms with van der Waals surface area (Å²) in [5.41, 5.74) is 2.01. The third kappa shape index (κ3) is 2.89. The lowest BCUT2D eigenvalue weighted by Gasteiger charge is -2.10. The summed E-state index contributed by atoms with van der Waals surface area (Å²) in [5.74, 6) is 0.839. The van der Waals surface area contributed by atoms with Gasteiger partial charge in [0.15, 0.2) is 0 Å². The van der Waals surface area contributed by atoms with E-state index in [1.807, 2.05) is 42.1 Å². The maximum absolute atomic E-state index is 5.66. The van der Waals surface area contributed by atoms with Crippen LogP contribution in [0.4, 0.5) is 0 Å². The zero-order valence-corrected chi connectivity index (χ0v) is 11.7. The van der Waals surface area contributed by atoms with Crippen LogP contribution in [0.1, 0.15) is 19.8 Å². The molecular weight excluding hydrogens is 240 g/mol. The van der Waals surface area contributed by atoms with E-state index in [1.54, 1.807) is 7.11 Å². The fourth-order valence-electron chi connectivity index (χ4n) is 1.94. The minimum absolute atomic E-state index is 0.648. The first kappa shape index (κ1) is 13.5. The standard InChI is InChI=1S/C15H20N2O2/c1-4-5-10-19-15-16-11-13(17(15)2)12-8-6-7-9-14(12)18-3/h6-9,11H,4-5,10H2,1-3H3. The Bertz CT molecular complexity index is 535. The number of benzene rings is 1. The van der Waals surface area contributed by atoms with Gasteiger partial charge in [0.2, 0.25) is 0 Å². The van der Waals surface area contributed by atoms with Gasteiger partial charge in [-0.2, -0.15) is 0 Å². The molecule has 4 nitrogen and oxygen atoms in total. The predicted molar refractivity (Wildman–Crippen MR) is 75.6 cm³/mol. The molecule has 0 unspecified atom stereocenters. The van der Waals surface area contributed by atoms with Crippen LogP contribution in [-0.4, -0.2) is 23.3 Å². The molecule has 1 aromatic heterocycles.